The number of amides is 1. The lowest BCUT2D eigenvalue weighted by Gasteiger charge is -2.20. The Morgan fingerprint density at radius 3 is 2.54 bits per heavy atom. The summed E-state index contributed by atoms with van der Waals surface area (Å²) in [4.78, 5) is 21.2. The minimum atomic E-state index is -0.156. The highest BCUT2D eigenvalue weighted by Crippen LogP contribution is 2.21. The number of carbonyl (C=O) groups excluding carboxylic acids is 1. The molecule has 0 radical (unpaired) electrons. The van der Waals surface area contributed by atoms with Crippen LogP contribution in [0.5, 0.6) is 0 Å². The third-order valence-corrected chi connectivity index (χ3v) is 4.44. The van der Waals surface area contributed by atoms with E-state index in [-0.39, 0.29) is 5.91 Å². The van der Waals surface area contributed by atoms with E-state index in [9.17, 15) is 4.79 Å². The first-order valence-electron chi connectivity index (χ1n) is 9.32. The zero-order chi connectivity index (χ0) is 19.9. The lowest BCUT2D eigenvalue weighted by molar-refractivity contribution is -0.111. The van der Waals surface area contributed by atoms with E-state index in [2.05, 4.69) is 29.2 Å². The number of likely N-dealkylation sites (N-methyl/N-ethyl adjacent to an activating group) is 2. The highest BCUT2D eigenvalue weighted by molar-refractivity contribution is 6.03. The number of aromatic nitrogens is 1. The Kier molecular flexibility index (Phi) is 6.40. The van der Waals surface area contributed by atoms with E-state index in [1.165, 1.54) is 0 Å². The van der Waals surface area contributed by atoms with Crippen LogP contribution < -0.4 is 10.2 Å². The van der Waals surface area contributed by atoms with E-state index in [1.54, 1.807) is 12.2 Å². The highest BCUT2D eigenvalue weighted by Gasteiger charge is 2.06. The van der Waals surface area contributed by atoms with E-state index in [4.69, 9.17) is 4.98 Å². The van der Waals surface area contributed by atoms with Crippen molar-refractivity contribution in [2.24, 2.45) is 0 Å². The molecule has 0 spiro atoms. The fourth-order valence-electron chi connectivity index (χ4n) is 2.79. The maximum absolute atomic E-state index is 12.2. The summed E-state index contributed by atoms with van der Waals surface area (Å²) in [5, 5.41) is 3.90. The van der Waals surface area contributed by atoms with Crippen molar-refractivity contribution in [3.05, 3.63) is 72.3 Å². The normalized spacial score (nSPS) is 11.3. The van der Waals surface area contributed by atoms with Crippen molar-refractivity contribution in [3.8, 4) is 0 Å². The largest absolute Gasteiger partial charge is 0.358 e. The van der Waals surface area contributed by atoms with Crippen LogP contribution in [0, 0.1) is 0 Å². The van der Waals surface area contributed by atoms with Gasteiger partial charge in [-0.05, 0) is 56.1 Å². The van der Waals surface area contributed by atoms with Crippen LogP contribution in [-0.4, -0.2) is 50.0 Å². The van der Waals surface area contributed by atoms with E-state index >= 15 is 0 Å². The Morgan fingerprint density at radius 2 is 1.79 bits per heavy atom. The molecule has 1 amide bonds. The molecule has 0 saturated heterocycles. The van der Waals surface area contributed by atoms with Crippen molar-refractivity contribution in [2.75, 3.05) is 44.4 Å². The van der Waals surface area contributed by atoms with Gasteiger partial charge in [0, 0.05) is 37.3 Å². The topological polar surface area (TPSA) is 48.5 Å². The number of nitrogens with zero attached hydrogens (tertiary/aromatic N) is 3. The predicted molar refractivity (Wildman–Crippen MR) is 118 cm³/mol. The molecule has 1 N–H and O–H groups in total. The summed E-state index contributed by atoms with van der Waals surface area (Å²) in [7, 11) is 6.17. The number of carbonyl (C=O) groups is 1. The summed E-state index contributed by atoms with van der Waals surface area (Å²) in [6, 6.07) is 19.6. The van der Waals surface area contributed by atoms with Crippen molar-refractivity contribution in [1.82, 2.24) is 9.88 Å². The molecule has 0 bridgehead atoms. The Bertz CT molecular complexity index is 967. The monoisotopic (exact) mass is 374 g/mol. The molecule has 0 fully saturated rings. The Labute approximate surface area is 166 Å². The molecule has 0 aliphatic carbocycles. The number of rotatable bonds is 7. The number of benzene rings is 2. The van der Waals surface area contributed by atoms with Crippen LogP contribution in [0.25, 0.3) is 17.0 Å². The highest BCUT2D eigenvalue weighted by atomic mass is 16.1. The van der Waals surface area contributed by atoms with Crippen molar-refractivity contribution >= 4 is 34.4 Å². The van der Waals surface area contributed by atoms with Crippen LogP contribution in [0.1, 0.15) is 5.56 Å². The van der Waals surface area contributed by atoms with Crippen molar-refractivity contribution in [2.45, 2.75) is 0 Å². The van der Waals surface area contributed by atoms with Gasteiger partial charge in [-0.3, -0.25) is 4.79 Å². The summed E-state index contributed by atoms with van der Waals surface area (Å²) in [6.07, 6.45) is 3.34. The SMILES string of the molecule is CN(C)CCN(C)c1ccc2cc(NC(=O)/C=C/c3ccccc3)ccc2n1. The molecule has 2 aromatic carbocycles. The van der Waals surface area contributed by atoms with Crippen LogP contribution in [0.2, 0.25) is 0 Å². The average molecular weight is 374 g/mol. The molecule has 0 saturated carbocycles. The summed E-state index contributed by atoms with van der Waals surface area (Å²) < 4.78 is 0. The zero-order valence-electron chi connectivity index (χ0n) is 16.6. The first kappa shape index (κ1) is 19.6. The molecule has 3 aromatic rings. The minimum absolute atomic E-state index is 0.156. The Hall–Kier alpha value is -3.18. The summed E-state index contributed by atoms with van der Waals surface area (Å²) >= 11 is 0. The van der Waals surface area contributed by atoms with Crippen LogP contribution in [0.15, 0.2) is 66.7 Å². The second-order valence-corrected chi connectivity index (χ2v) is 7.04. The van der Waals surface area contributed by atoms with E-state index in [0.29, 0.717) is 0 Å². The molecule has 3 rings (SSSR count). The number of fused-ring (bicyclic) bond motifs is 1. The molecule has 0 atom stereocenters. The van der Waals surface area contributed by atoms with E-state index in [0.717, 1.165) is 41.1 Å². The molecule has 28 heavy (non-hydrogen) atoms. The second kappa shape index (κ2) is 9.15. The minimum Gasteiger partial charge on any atom is -0.358 e. The predicted octanol–water partition coefficient (Wildman–Crippen LogP) is 3.88. The maximum atomic E-state index is 12.2. The molecular formula is C23H26N4O. The Balaban J connectivity index is 1.68. The average Bonchev–Trinajstić information content (AvgIpc) is 2.71. The standard InChI is InChI=1S/C23H26N4O/c1-26(2)15-16-27(3)22-13-10-19-17-20(11-12-21(19)25-22)24-23(28)14-9-18-7-5-4-6-8-18/h4-14,17H,15-16H2,1-3H3,(H,24,28)/b14-9+. The molecule has 1 heterocycles. The molecule has 144 valence electrons. The van der Waals surface area contributed by atoms with Crippen molar-refractivity contribution in [1.29, 1.82) is 0 Å². The summed E-state index contributed by atoms with van der Waals surface area (Å²) in [5.41, 5.74) is 2.66. The van der Waals surface area contributed by atoms with Crippen molar-refractivity contribution in [3.63, 3.8) is 0 Å². The van der Waals surface area contributed by atoms with Gasteiger partial charge in [-0.15, -0.1) is 0 Å². The van der Waals surface area contributed by atoms with Gasteiger partial charge in [0.05, 0.1) is 5.52 Å². The fraction of sp³-hybridized carbons (Fsp3) is 0.217. The number of hydrogen-bond donors (Lipinski definition) is 1. The van der Waals surface area contributed by atoms with Gasteiger partial charge >= 0.3 is 0 Å². The number of hydrogen-bond acceptors (Lipinski definition) is 4. The molecule has 0 unspecified atom stereocenters. The smallest absolute Gasteiger partial charge is 0.248 e. The van der Waals surface area contributed by atoms with Gasteiger partial charge < -0.3 is 15.1 Å². The van der Waals surface area contributed by atoms with Gasteiger partial charge in [-0.2, -0.15) is 0 Å². The van der Waals surface area contributed by atoms with Gasteiger partial charge in [0.1, 0.15) is 5.82 Å². The van der Waals surface area contributed by atoms with Gasteiger partial charge in [-0.25, -0.2) is 4.98 Å². The van der Waals surface area contributed by atoms with E-state index in [1.807, 2.05) is 67.7 Å². The van der Waals surface area contributed by atoms with Gasteiger partial charge in [-0.1, -0.05) is 30.3 Å². The molecule has 5 heteroatoms. The fourth-order valence-corrected chi connectivity index (χ4v) is 2.79. The number of pyridine rings is 1. The number of nitrogens with one attached hydrogen (secondary N) is 1. The van der Waals surface area contributed by atoms with Gasteiger partial charge in [0.25, 0.3) is 0 Å². The molecule has 1 aromatic heterocycles. The lowest BCUT2D eigenvalue weighted by atomic mass is 10.2. The van der Waals surface area contributed by atoms with Crippen LogP contribution in [-0.2, 0) is 4.79 Å². The molecular weight excluding hydrogens is 348 g/mol. The molecule has 0 aliphatic rings. The first-order chi connectivity index (χ1) is 13.5. The summed E-state index contributed by atoms with van der Waals surface area (Å²) in [5.74, 6) is 0.785. The maximum Gasteiger partial charge on any atom is 0.248 e. The quantitative estimate of drug-likeness (QED) is 0.638. The summed E-state index contributed by atoms with van der Waals surface area (Å²) in [6.45, 7) is 1.88. The Morgan fingerprint density at radius 1 is 1.00 bits per heavy atom. The third kappa shape index (κ3) is 5.41. The molecule has 5 nitrogen and oxygen atoms in total. The van der Waals surface area contributed by atoms with Crippen LogP contribution >= 0.6 is 0 Å². The first-order valence-corrected chi connectivity index (χ1v) is 9.32. The van der Waals surface area contributed by atoms with Crippen LogP contribution in [0.3, 0.4) is 0 Å². The zero-order valence-corrected chi connectivity index (χ0v) is 16.6. The lowest BCUT2D eigenvalue weighted by Crippen LogP contribution is -2.28. The third-order valence-electron chi connectivity index (χ3n) is 4.44. The van der Waals surface area contributed by atoms with Crippen LogP contribution in [0.4, 0.5) is 11.5 Å². The number of anilines is 2. The van der Waals surface area contributed by atoms with Crippen molar-refractivity contribution < 1.29 is 4.79 Å². The second-order valence-electron chi connectivity index (χ2n) is 7.04. The molecule has 0 aliphatic heterocycles. The van der Waals surface area contributed by atoms with Gasteiger partial charge in [0.2, 0.25) is 5.91 Å². The van der Waals surface area contributed by atoms with E-state index < -0.39 is 0 Å². The van der Waals surface area contributed by atoms with Gasteiger partial charge in [0.15, 0.2) is 0 Å².